The fourth-order valence-electron chi connectivity index (χ4n) is 2.37. The summed E-state index contributed by atoms with van der Waals surface area (Å²) in [6.07, 6.45) is 1.39. The number of nitrogens with one attached hydrogen (secondary N) is 1. The first kappa shape index (κ1) is 12.2. The molecule has 1 aliphatic heterocycles. The lowest BCUT2D eigenvalue weighted by Crippen LogP contribution is -2.66. The standard InChI is InChI=1S/C10H18N2O3/c1-3-4-10(2)11-5-6-12(10,7-8-13)9(14)15/h3,11,13H,1,4-8H2,2H3/p+1. The molecule has 0 aromatic heterocycles. The second kappa shape index (κ2) is 4.30. The Balaban J connectivity index is 3.03. The van der Waals surface area contributed by atoms with Crippen molar-refractivity contribution in [2.45, 2.75) is 19.0 Å². The second-order valence-electron chi connectivity index (χ2n) is 4.11. The Morgan fingerprint density at radius 3 is 2.87 bits per heavy atom. The molecule has 2 unspecified atom stereocenters. The molecule has 1 fully saturated rings. The number of nitrogens with zero attached hydrogens (tertiary/aromatic N) is 1. The number of aliphatic hydroxyl groups excluding tert-OH is 1. The largest absolute Gasteiger partial charge is 0.515 e. The fourth-order valence-corrected chi connectivity index (χ4v) is 2.37. The van der Waals surface area contributed by atoms with Gasteiger partial charge in [0.1, 0.15) is 13.1 Å². The van der Waals surface area contributed by atoms with Gasteiger partial charge in [-0.3, -0.25) is 5.32 Å². The zero-order chi connectivity index (χ0) is 11.5. The number of aliphatic hydroxyl groups is 1. The maximum atomic E-state index is 11.4. The Bertz CT molecular complexity index is 269. The van der Waals surface area contributed by atoms with Gasteiger partial charge in [-0.05, 0) is 0 Å². The van der Waals surface area contributed by atoms with Gasteiger partial charge in [-0.2, -0.15) is 4.79 Å². The van der Waals surface area contributed by atoms with E-state index in [0.717, 1.165) is 0 Å². The van der Waals surface area contributed by atoms with E-state index in [9.17, 15) is 9.90 Å². The van der Waals surface area contributed by atoms with Gasteiger partial charge in [0.15, 0.2) is 5.66 Å². The van der Waals surface area contributed by atoms with Crippen molar-refractivity contribution in [2.24, 2.45) is 0 Å². The Kier molecular flexibility index (Phi) is 3.49. The van der Waals surface area contributed by atoms with Gasteiger partial charge in [-0.15, -0.1) is 6.58 Å². The molecule has 15 heavy (non-hydrogen) atoms. The molecule has 3 N–H and O–H groups in total. The van der Waals surface area contributed by atoms with Crippen molar-refractivity contribution in [3.05, 3.63) is 12.7 Å². The highest BCUT2D eigenvalue weighted by molar-refractivity contribution is 5.57. The molecule has 0 aromatic carbocycles. The molecule has 1 amide bonds. The topological polar surface area (TPSA) is 69.6 Å². The first-order chi connectivity index (χ1) is 7.02. The Morgan fingerprint density at radius 2 is 2.40 bits per heavy atom. The fraction of sp³-hybridized carbons (Fsp3) is 0.700. The summed E-state index contributed by atoms with van der Waals surface area (Å²) in [6.45, 7) is 6.77. The average Bonchev–Trinajstić information content (AvgIpc) is 2.46. The summed E-state index contributed by atoms with van der Waals surface area (Å²) >= 11 is 0. The Hall–Kier alpha value is -0.910. The van der Waals surface area contributed by atoms with E-state index in [0.29, 0.717) is 19.5 Å². The molecular weight excluding hydrogens is 196 g/mol. The number of carboxylic acid groups (broad SMARTS) is 1. The molecule has 0 bridgehead atoms. The summed E-state index contributed by atoms with van der Waals surface area (Å²) in [5, 5.41) is 21.6. The van der Waals surface area contributed by atoms with Crippen molar-refractivity contribution in [1.82, 2.24) is 5.32 Å². The molecule has 1 aliphatic rings. The van der Waals surface area contributed by atoms with Crippen molar-refractivity contribution in [1.29, 1.82) is 0 Å². The Morgan fingerprint density at radius 1 is 1.73 bits per heavy atom. The van der Waals surface area contributed by atoms with Crippen LogP contribution in [0.2, 0.25) is 0 Å². The minimum atomic E-state index is -0.890. The van der Waals surface area contributed by atoms with Gasteiger partial charge >= 0.3 is 6.09 Å². The van der Waals surface area contributed by atoms with E-state index in [1.165, 1.54) is 0 Å². The van der Waals surface area contributed by atoms with E-state index < -0.39 is 11.8 Å². The van der Waals surface area contributed by atoms with E-state index in [1.807, 2.05) is 6.92 Å². The molecule has 86 valence electrons. The molecule has 1 rings (SSSR count). The van der Waals surface area contributed by atoms with E-state index in [4.69, 9.17) is 5.11 Å². The second-order valence-corrected chi connectivity index (χ2v) is 4.11. The molecule has 0 spiro atoms. The smallest absolute Gasteiger partial charge is 0.435 e. The number of hydrogen-bond donors (Lipinski definition) is 3. The number of quaternary nitrogens is 1. The van der Waals surface area contributed by atoms with Crippen LogP contribution in [0, 0.1) is 0 Å². The molecule has 1 saturated heterocycles. The number of amides is 1. The summed E-state index contributed by atoms with van der Waals surface area (Å²) in [4.78, 5) is 11.4. The van der Waals surface area contributed by atoms with Crippen LogP contribution < -0.4 is 5.32 Å². The van der Waals surface area contributed by atoms with Gasteiger partial charge in [0.25, 0.3) is 0 Å². The minimum Gasteiger partial charge on any atom is -0.435 e. The van der Waals surface area contributed by atoms with Crippen LogP contribution in [0.25, 0.3) is 0 Å². The normalized spacial score (nSPS) is 35.3. The average molecular weight is 215 g/mol. The summed E-state index contributed by atoms with van der Waals surface area (Å²) in [7, 11) is 0. The summed E-state index contributed by atoms with van der Waals surface area (Å²) in [6, 6.07) is 0. The summed E-state index contributed by atoms with van der Waals surface area (Å²) in [5.74, 6) is 0. The SMILES string of the molecule is C=CCC1(C)NCC[N+]1(CCO)C(=O)O. The van der Waals surface area contributed by atoms with Crippen molar-refractivity contribution in [3.63, 3.8) is 0 Å². The molecule has 2 atom stereocenters. The lowest BCUT2D eigenvalue weighted by atomic mass is 10.1. The molecule has 0 aliphatic carbocycles. The van der Waals surface area contributed by atoms with E-state index in [-0.39, 0.29) is 17.6 Å². The quantitative estimate of drug-likeness (QED) is 0.468. The molecular formula is C10H19N2O3+. The van der Waals surface area contributed by atoms with Crippen LogP contribution >= 0.6 is 0 Å². The maximum absolute atomic E-state index is 11.4. The van der Waals surface area contributed by atoms with E-state index in [2.05, 4.69) is 11.9 Å². The molecule has 5 heteroatoms. The summed E-state index contributed by atoms with van der Waals surface area (Å²) < 4.78 is -0.129. The predicted octanol–water partition coefficient (Wildman–Crippen LogP) is 0.369. The summed E-state index contributed by atoms with van der Waals surface area (Å²) in [5.41, 5.74) is -0.559. The maximum Gasteiger partial charge on any atom is 0.515 e. The van der Waals surface area contributed by atoms with Crippen LogP contribution in [0.5, 0.6) is 0 Å². The number of carbonyl (C=O) groups is 1. The number of rotatable bonds is 4. The van der Waals surface area contributed by atoms with Gasteiger partial charge in [0.05, 0.1) is 13.2 Å². The lowest BCUT2D eigenvalue weighted by molar-refractivity contribution is -0.895. The highest BCUT2D eigenvalue weighted by Crippen LogP contribution is 2.30. The van der Waals surface area contributed by atoms with Crippen LogP contribution in [0.3, 0.4) is 0 Å². The van der Waals surface area contributed by atoms with Gasteiger partial charge in [0.2, 0.25) is 0 Å². The highest BCUT2D eigenvalue weighted by Gasteiger charge is 2.56. The van der Waals surface area contributed by atoms with E-state index in [1.54, 1.807) is 6.08 Å². The molecule has 1 heterocycles. The molecule has 0 saturated carbocycles. The van der Waals surface area contributed by atoms with Crippen LogP contribution in [0.15, 0.2) is 12.7 Å². The monoisotopic (exact) mass is 215 g/mol. The van der Waals surface area contributed by atoms with Crippen molar-refractivity contribution < 1.29 is 19.5 Å². The van der Waals surface area contributed by atoms with E-state index >= 15 is 0 Å². The first-order valence-corrected chi connectivity index (χ1v) is 5.10. The van der Waals surface area contributed by atoms with Crippen molar-refractivity contribution in [2.75, 3.05) is 26.2 Å². The van der Waals surface area contributed by atoms with Crippen LogP contribution in [-0.4, -0.2) is 52.7 Å². The zero-order valence-corrected chi connectivity index (χ0v) is 9.07. The van der Waals surface area contributed by atoms with Crippen LogP contribution in [0.1, 0.15) is 13.3 Å². The Labute approximate surface area is 89.6 Å². The molecule has 0 radical (unpaired) electrons. The molecule has 5 nitrogen and oxygen atoms in total. The third-order valence-electron chi connectivity index (χ3n) is 3.33. The van der Waals surface area contributed by atoms with Crippen LogP contribution in [-0.2, 0) is 0 Å². The van der Waals surface area contributed by atoms with Gasteiger partial charge in [0, 0.05) is 13.3 Å². The lowest BCUT2D eigenvalue weighted by Gasteiger charge is -2.40. The predicted molar refractivity (Wildman–Crippen MR) is 56.3 cm³/mol. The van der Waals surface area contributed by atoms with Crippen molar-refractivity contribution >= 4 is 6.09 Å². The van der Waals surface area contributed by atoms with Gasteiger partial charge in [-0.25, -0.2) is 4.48 Å². The van der Waals surface area contributed by atoms with Crippen molar-refractivity contribution in [3.8, 4) is 0 Å². The number of hydrogen-bond acceptors (Lipinski definition) is 3. The van der Waals surface area contributed by atoms with Gasteiger partial charge in [-0.1, -0.05) is 6.08 Å². The highest BCUT2D eigenvalue weighted by atomic mass is 16.4. The third-order valence-corrected chi connectivity index (χ3v) is 3.33. The first-order valence-electron chi connectivity index (χ1n) is 5.10. The third kappa shape index (κ3) is 1.78. The van der Waals surface area contributed by atoms with Gasteiger partial charge < -0.3 is 10.2 Å². The van der Waals surface area contributed by atoms with Crippen LogP contribution in [0.4, 0.5) is 4.79 Å². The zero-order valence-electron chi connectivity index (χ0n) is 9.07. The minimum absolute atomic E-state index is 0.124. The molecule has 0 aromatic rings.